The Bertz CT molecular complexity index is 1470. The molecule has 0 aromatic rings. The van der Waals surface area contributed by atoms with E-state index in [1.807, 2.05) is 0 Å². The average Bonchev–Trinajstić information content (AvgIpc) is 3.43. The summed E-state index contributed by atoms with van der Waals surface area (Å²) in [5, 5.41) is 0. The van der Waals surface area contributed by atoms with Gasteiger partial charge in [0.25, 0.3) is 0 Å². The largest absolute Gasteiger partial charge is 0.462 e. The molecule has 0 aromatic heterocycles. The van der Waals surface area contributed by atoms with Crippen molar-refractivity contribution < 1.29 is 28.6 Å². The third kappa shape index (κ3) is 63.3. The van der Waals surface area contributed by atoms with Crippen molar-refractivity contribution in [2.24, 2.45) is 0 Å². The molecule has 0 amide bonds. The quantitative estimate of drug-likeness (QED) is 0.0261. The summed E-state index contributed by atoms with van der Waals surface area (Å²) in [7, 11) is 0. The lowest BCUT2D eigenvalue weighted by atomic mass is 10.1. The maximum atomic E-state index is 12.9. The highest BCUT2D eigenvalue weighted by molar-refractivity contribution is 5.71. The third-order valence-corrected chi connectivity index (χ3v) is 14.3. The Morgan fingerprint density at radius 3 is 0.753 bits per heavy atom. The molecule has 6 nitrogen and oxygen atoms in total. The minimum atomic E-state index is -0.788. The monoisotopic (exact) mass is 1070 g/mol. The predicted molar refractivity (Wildman–Crippen MR) is 334 cm³/mol. The molecule has 0 aromatic carbocycles. The smallest absolute Gasteiger partial charge is 0.306 e. The molecule has 0 radical (unpaired) electrons. The van der Waals surface area contributed by atoms with Crippen LogP contribution in [0.1, 0.15) is 329 Å². The van der Waals surface area contributed by atoms with Gasteiger partial charge in [0.15, 0.2) is 6.10 Å². The van der Waals surface area contributed by atoms with Gasteiger partial charge in [0.1, 0.15) is 13.2 Å². The van der Waals surface area contributed by atoms with E-state index in [-0.39, 0.29) is 31.1 Å². The van der Waals surface area contributed by atoms with Crippen LogP contribution in [-0.4, -0.2) is 37.2 Å². The number of carbonyl (C=O) groups is 3. The predicted octanol–water partition coefficient (Wildman–Crippen LogP) is 22.7. The van der Waals surface area contributed by atoms with Crippen LogP contribution in [0.4, 0.5) is 0 Å². The van der Waals surface area contributed by atoms with Crippen molar-refractivity contribution in [3.63, 3.8) is 0 Å². The van der Waals surface area contributed by atoms with E-state index in [2.05, 4.69) is 106 Å². The van der Waals surface area contributed by atoms with Crippen LogP contribution in [0, 0.1) is 0 Å². The summed E-state index contributed by atoms with van der Waals surface area (Å²) >= 11 is 0. The SMILES string of the molecule is CCCCC/C=C\C/C=C\CCCCCCCCCC(=O)OCC(COC(=O)CCCCCCCCCCCC/C=C\C/C=C\C/C=C\CCCCCCC)OC(=O)CCCCCCCCC/C=C\C/C=C\CCCCC. The minimum absolute atomic E-state index is 0.0835. The first kappa shape index (κ1) is 73.6. The number of hydrogen-bond acceptors (Lipinski definition) is 6. The van der Waals surface area contributed by atoms with Crippen LogP contribution in [0.5, 0.6) is 0 Å². The van der Waals surface area contributed by atoms with Gasteiger partial charge in [-0.1, -0.05) is 273 Å². The summed E-state index contributed by atoms with van der Waals surface area (Å²) in [6.07, 6.45) is 85.8. The second-order valence-electron chi connectivity index (χ2n) is 22.0. The molecule has 1 unspecified atom stereocenters. The van der Waals surface area contributed by atoms with Crippen LogP contribution in [0.15, 0.2) is 85.1 Å². The average molecular weight is 1070 g/mol. The van der Waals surface area contributed by atoms with E-state index in [9.17, 15) is 14.4 Å². The summed E-state index contributed by atoms with van der Waals surface area (Å²) in [6, 6.07) is 0. The van der Waals surface area contributed by atoms with Gasteiger partial charge in [-0.15, -0.1) is 0 Å². The molecule has 0 spiro atoms. The summed E-state index contributed by atoms with van der Waals surface area (Å²) in [4.78, 5) is 38.4. The lowest BCUT2D eigenvalue weighted by Crippen LogP contribution is -2.30. The first-order chi connectivity index (χ1) is 38.0. The number of esters is 3. The lowest BCUT2D eigenvalue weighted by Gasteiger charge is -2.18. The number of carbonyl (C=O) groups excluding carboxylic acids is 3. The van der Waals surface area contributed by atoms with Gasteiger partial charge in [-0.2, -0.15) is 0 Å². The fourth-order valence-corrected chi connectivity index (χ4v) is 9.33. The number of unbranched alkanes of at least 4 members (excludes halogenated alkanes) is 35. The van der Waals surface area contributed by atoms with Crippen LogP contribution in [-0.2, 0) is 28.6 Å². The Balaban J connectivity index is 4.36. The molecular weight excluding hydrogens is 949 g/mol. The summed E-state index contributed by atoms with van der Waals surface area (Å²) in [5.41, 5.74) is 0. The van der Waals surface area contributed by atoms with Crippen LogP contribution in [0.2, 0.25) is 0 Å². The molecule has 1 atom stereocenters. The van der Waals surface area contributed by atoms with E-state index in [0.717, 1.165) is 96.3 Å². The van der Waals surface area contributed by atoms with Crippen molar-refractivity contribution in [3.05, 3.63) is 85.1 Å². The number of rotatable bonds is 60. The zero-order valence-corrected chi connectivity index (χ0v) is 51.0. The topological polar surface area (TPSA) is 78.9 Å². The van der Waals surface area contributed by atoms with Crippen molar-refractivity contribution in [3.8, 4) is 0 Å². The fourth-order valence-electron chi connectivity index (χ4n) is 9.33. The highest BCUT2D eigenvalue weighted by atomic mass is 16.6. The normalized spacial score (nSPS) is 12.6. The minimum Gasteiger partial charge on any atom is -0.462 e. The van der Waals surface area contributed by atoms with Gasteiger partial charge in [0.2, 0.25) is 0 Å². The summed E-state index contributed by atoms with van der Waals surface area (Å²) < 4.78 is 16.9. The van der Waals surface area contributed by atoms with Crippen molar-refractivity contribution in [1.82, 2.24) is 0 Å². The van der Waals surface area contributed by atoms with Crippen molar-refractivity contribution in [2.75, 3.05) is 13.2 Å². The van der Waals surface area contributed by atoms with Crippen molar-refractivity contribution >= 4 is 17.9 Å². The molecule has 0 N–H and O–H groups in total. The highest BCUT2D eigenvalue weighted by Gasteiger charge is 2.19. The Hall–Kier alpha value is -3.41. The van der Waals surface area contributed by atoms with Crippen molar-refractivity contribution in [1.29, 1.82) is 0 Å². The van der Waals surface area contributed by atoms with E-state index in [4.69, 9.17) is 14.2 Å². The van der Waals surface area contributed by atoms with E-state index >= 15 is 0 Å². The molecule has 77 heavy (non-hydrogen) atoms. The second kappa shape index (κ2) is 65.1. The molecule has 0 saturated heterocycles. The van der Waals surface area contributed by atoms with E-state index in [1.165, 1.54) is 193 Å². The van der Waals surface area contributed by atoms with Crippen LogP contribution < -0.4 is 0 Å². The molecule has 0 aliphatic heterocycles. The van der Waals surface area contributed by atoms with Crippen LogP contribution in [0.25, 0.3) is 0 Å². The number of ether oxygens (including phenoxy) is 3. The second-order valence-corrected chi connectivity index (χ2v) is 22.0. The zero-order chi connectivity index (χ0) is 55.7. The molecule has 444 valence electrons. The Morgan fingerprint density at radius 2 is 0.468 bits per heavy atom. The lowest BCUT2D eigenvalue weighted by molar-refractivity contribution is -0.167. The zero-order valence-electron chi connectivity index (χ0n) is 51.0. The molecule has 0 bridgehead atoms. The maximum Gasteiger partial charge on any atom is 0.306 e. The van der Waals surface area contributed by atoms with Gasteiger partial charge < -0.3 is 14.2 Å². The molecule has 0 aliphatic carbocycles. The molecule has 0 heterocycles. The number of hydrogen-bond donors (Lipinski definition) is 0. The molecule has 6 heteroatoms. The standard InChI is InChI=1S/C71H124O6/c1-4-7-10-13-16-19-22-25-28-31-32-33-34-35-36-37-38-41-43-46-49-52-55-58-61-64-70(73)76-67-68(77-71(74)65-62-59-56-53-50-47-44-40-30-27-24-21-18-15-12-9-6-3)66-75-69(72)63-60-57-54-51-48-45-42-39-29-26-23-20-17-14-11-8-5-2/h17-18,20-22,25-27,29-32,34-35,68H,4-16,19,23-24,28,33,36-67H2,1-3H3/b20-17-,21-18-,25-22-,29-26-,30-27-,32-31-,35-34-. The summed E-state index contributed by atoms with van der Waals surface area (Å²) in [6.45, 7) is 6.60. The molecule has 0 fully saturated rings. The fraction of sp³-hybridized carbons (Fsp3) is 0.761. The van der Waals surface area contributed by atoms with Gasteiger partial charge in [-0.25, -0.2) is 0 Å². The van der Waals surface area contributed by atoms with Gasteiger partial charge in [-0.05, 0) is 122 Å². The molecular formula is C71H124O6. The van der Waals surface area contributed by atoms with Crippen LogP contribution >= 0.6 is 0 Å². The highest BCUT2D eigenvalue weighted by Crippen LogP contribution is 2.16. The Morgan fingerprint density at radius 1 is 0.260 bits per heavy atom. The first-order valence-corrected chi connectivity index (χ1v) is 33.1. The number of allylic oxidation sites excluding steroid dienone is 14. The third-order valence-electron chi connectivity index (χ3n) is 14.3. The Labute approximate surface area is 477 Å². The summed E-state index contributed by atoms with van der Waals surface area (Å²) in [5.74, 6) is -0.890. The maximum absolute atomic E-state index is 12.9. The van der Waals surface area contributed by atoms with Crippen LogP contribution in [0.3, 0.4) is 0 Å². The van der Waals surface area contributed by atoms with E-state index < -0.39 is 6.10 Å². The first-order valence-electron chi connectivity index (χ1n) is 33.1. The molecule has 0 aliphatic rings. The van der Waals surface area contributed by atoms with E-state index in [1.54, 1.807) is 0 Å². The van der Waals surface area contributed by atoms with Crippen molar-refractivity contribution in [2.45, 2.75) is 335 Å². The molecule has 0 rings (SSSR count). The van der Waals surface area contributed by atoms with Gasteiger partial charge >= 0.3 is 17.9 Å². The Kier molecular flexibility index (Phi) is 62.2. The van der Waals surface area contributed by atoms with Gasteiger partial charge in [0.05, 0.1) is 0 Å². The molecule has 0 saturated carbocycles. The van der Waals surface area contributed by atoms with Gasteiger partial charge in [-0.3, -0.25) is 14.4 Å². The van der Waals surface area contributed by atoms with E-state index in [0.29, 0.717) is 19.3 Å². The van der Waals surface area contributed by atoms with Gasteiger partial charge in [0, 0.05) is 19.3 Å².